The summed E-state index contributed by atoms with van der Waals surface area (Å²) >= 11 is 0. The van der Waals surface area contributed by atoms with E-state index in [-0.39, 0.29) is 12.5 Å². The zero-order valence-electron chi connectivity index (χ0n) is 15.6. The Morgan fingerprint density at radius 1 is 1.22 bits per heavy atom. The van der Waals surface area contributed by atoms with Crippen LogP contribution in [0.4, 0.5) is 13.2 Å². The minimum absolute atomic E-state index is 0.0923. The third kappa shape index (κ3) is 7.48. The van der Waals surface area contributed by atoms with Gasteiger partial charge >= 0.3 is 6.18 Å². The fraction of sp³-hybridized carbons (Fsp3) is 0.579. The van der Waals surface area contributed by atoms with Crippen LogP contribution in [0.5, 0.6) is 0 Å². The van der Waals surface area contributed by atoms with Gasteiger partial charge in [0, 0.05) is 39.1 Å². The first-order valence-corrected chi connectivity index (χ1v) is 9.32. The number of hydrogen-bond acceptors (Lipinski definition) is 2. The molecule has 0 radical (unpaired) electrons. The van der Waals surface area contributed by atoms with E-state index in [0.29, 0.717) is 38.4 Å². The van der Waals surface area contributed by atoms with Crippen LogP contribution in [0.3, 0.4) is 0 Å². The monoisotopic (exact) mass is 384 g/mol. The summed E-state index contributed by atoms with van der Waals surface area (Å²) in [6.07, 6.45) is -3.29. The van der Waals surface area contributed by atoms with Crippen LogP contribution in [0.1, 0.15) is 37.3 Å². The zero-order valence-corrected chi connectivity index (χ0v) is 15.6. The van der Waals surface area contributed by atoms with Crippen molar-refractivity contribution in [2.45, 2.75) is 45.3 Å². The Balaban J connectivity index is 1.73. The van der Waals surface area contributed by atoms with Crippen LogP contribution in [0.2, 0.25) is 0 Å². The Kier molecular flexibility index (Phi) is 7.94. The highest BCUT2D eigenvalue weighted by Gasteiger charge is 2.26. The van der Waals surface area contributed by atoms with Crippen LogP contribution >= 0.6 is 0 Å². The fourth-order valence-corrected chi connectivity index (χ4v) is 2.95. The Hall–Kier alpha value is -2.25. The average molecular weight is 384 g/mol. The minimum Gasteiger partial charge on any atom is -0.357 e. The molecule has 1 aromatic carbocycles. The summed E-state index contributed by atoms with van der Waals surface area (Å²) in [5.74, 6) is 0.441. The van der Waals surface area contributed by atoms with E-state index in [1.165, 1.54) is 11.1 Å². The number of benzene rings is 1. The number of rotatable bonds is 7. The number of hydrogen-bond donors (Lipinski definition) is 2. The predicted molar refractivity (Wildman–Crippen MR) is 99.5 cm³/mol. The minimum atomic E-state index is -4.19. The molecule has 2 N–H and O–H groups in total. The molecule has 8 heteroatoms. The van der Waals surface area contributed by atoms with Crippen LogP contribution in [0, 0.1) is 0 Å². The quantitative estimate of drug-likeness (QED) is 0.432. The van der Waals surface area contributed by atoms with Gasteiger partial charge in [0.05, 0.1) is 6.42 Å². The number of halogens is 3. The number of aliphatic imine (C=N–C) groups is 1. The smallest absolute Gasteiger partial charge is 0.357 e. The molecular weight excluding hydrogens is 357 g/mol. The van der Waals surface area contributed by atoms with Gasteiger partial charge < -0.3 is 15.5 Å². The molecule has 1 aliphatic heterocycles. The molecule has 0 aromatic heterocycles. The maximum atomic E-state index is 12.4. The number of carbonyl (C=O) groups excluding carboxylic acids is 1. The highest BCUT2D eigenvalue weighted by Crippen LogP contribution is 2.19. The maximum Gasteiger partial charge on any atom is 0.390 e. The van der Waals surface area contributed by atoms with Gasteiger partial charge in [-0.05, 0) is 30.9 Å². The molecule has 1 aliphatic rings. The molecule has 1 aromatic rings. The van der Waals surface area contributed by atoms with Gasteiger partial charge in [-0.3, -0.25) is 9.79 Å². The number of alkyl halides is 3. The molecule has 1 heterocycles. The van der Waals surface area contributed by atoms with Gasteiger partial charge in [-0.15, -0.1) is 0 Å². The summed E-state index contributed by atoms with van der Waals surface area (Å²) in [7, 11) is 0. The van der Waals surface area contributed by atoms with Gasteiger partial charge in [-0.1, -0.05) is 24.3 Å². The second-order valence-corrected chi connectivity index (χ2v) is 6.49. The molecule has 0 bridgehead atoms. The molecule has 0 saturated heterocycles. The Labute approximate surface area is 158 Å². The van der Waals surface area contributed by atoms with E-state index in [1.54, 1.807) is 0 Å². The molecule has 0 aliphatic carbocycles. The van der Waals surface area contributed by atoms with Crippen molar-refractivity contribution in [3.05, 3.63) is 35.4 Å². The van der Waals surface area contributed by atoms with Crippen molar-refractivity contribution in [2.24, 2.45) is 4.99 Å². The van der Waals surface area contributed by atoms with Gasteiger partial charge in [0.25, 0.3) is 0 Å². The van der Waals surface area contributed by atoms with Crippen molar-refractivity contribution in [1.29, 1.82) is 0 Å². The molecule has 0 saturated carbocycles. The summed E-state index contributed by atoms with van der Waals surface area (Å²) in [6, 6.07) is 8.14. The van der Waals surface area contributed by atoms with Crippen molar-refractivity contribution >= 4 is 11.9 Å². The van der Waals surface area contributed by atoms with Crippen molar-refractivity contribution < 1.29 is 18.0 Å². The van der Waals surface area contributed by atoms with Crippen molar-refractivity contribution in [3.8, 4) is 0 Å². The number of amides is 1. The molecule has 0 fully saturated rings. The van der Waals surface area contributed by atoms with E-state index in [4.69, 9.17) is 0 Å². The highest BCUT2D eigenvalue weighted by molar-refractivity contribution is 5.80. The van der Waals surface area contributed by atoms with Crippen molar-refractivity contribution in [1.82, 2.24) is 15.5 Å². The SMILES string of the molecule is CCNC(=NCCCC(=O)N1CCc2ccccc2C1)NCCC(F)(F)F. The first kappa shape index (κ1) is 21.1. The van der Waals surface area contributed by atoms with Crippen molar-refractivity contribution in [2.75, 3.05) is 26.2 Å². The number of nitrogens with one attached hydrogen (secondary N) is 2. The summed E-state index contributed by atoms with van der Waals surface area (Å²) < 4.78 is 36.6. The molecule has 5 nitrogen and oxygen atoms in total. The molecule has 27 heavy (non-hydrogen) atoms. The number of fused-ring (bicyclic) bond motifs is 1. The molecular formula is C19H27F3N4O. The zero-order chi connectivity index (χ0) is 19.7. The number of carbonyl (C=O) groups is 1. The van der Waals surface area contributed by atoms with Crippen LogP contribution < -0.4 is 10.6 Å². The molecule has 0 unspecified atom stereocenters. The molecule has 0 atom stereocenters. The lowest BCUT2D eigenvalue weighted by molar-refractivity contribution is -0.133. The summed E-state index contributed by atoms with van der Waals surface area (Å²) in [5, 5.41) is 5.57. The molecule has 1 amide bonds. The molecule has 150 valence electrons. The fourth-order valence-electron chi connectivity index (χ4n) is 2.95. The van der Waals surface area contributed by atoms with Gasteiger partial charge in [-0.2, -0.15) is 13.2 Å². The lowest BCUT2D eigenvalue weighted by Gasteiger charge is -2.28. The number of guanidine groups is 1. The second-order valence-electron chi connectivity index (χ2n) is 6.49. The first-order chi connectivity index (χ1) is 12.9. The van der Waals surface area contributed by atoms with E-state index >= 15 is 0 Å². The average Bonchev–Trinajstić information content (AvgIpc) is 2.63. The third-order valence-electron chi connectivity index (χ3n) is 4.35. The molecule has 2 rings (SSSR count). The topological polar surface area (TPSA) is 56.7 Å². The van der Waals surface area contributed by atoms with Gasteiger partial charge in [0.1, 0.15) is 0 Å². The summed E-state index contributed by atoms with van der Waals surface area (Å²) in [5.41, 5.74) is 2.49. The summed E-state index contributed by atoms with van der Waals surface area (Å²) in [4.78, 5) is 18.5. The van der Waals surface area contributed by atoms with Crippen LogP contribution in [0.15, 0.2) is 29.3 Å². The molecule has 0 spiro atoms. The van der Waals surface area contributed by atoms with Crippen LogP contribution in [-0.2, 0) is 17.8 Å². The lowest BCUT2D eigenvalue weighted by atomic mass is 9.99. The predicted octanol–water partition coefficient (Wildman–Crippen LogP) is 2.86. The lowest BCUT2D eigenvalue weighted by Crippen LogP contribution is -2.39. The van der Waals surface area contributed by atoms with Crippen molar-refractivity contribution in [3.63, 3.8) is 0 Å². The third-order valence-corrected chi connectivity index (χ3v) is 4.35. The van der Waals surface area contributed by atoms with E-state index < -0.39 is 12.6 Å². The largest absolute Gasteiger partial charge is 0.390 e. The van der Waals surface area contributed by atoms with Crippen LogP contribution in [0.25, 0.3) is 0 Å². The first-order valence-electron chi connectivity index (χ1n) is 9.32. The standard InChI is InChI=1S/C19H27F3N4O/c1-2-23-18(25-12-10-19(20,21)22)24-11-5-8-17(27)26-13-9-15-6-3-4-7-16(15)14-26/h3-4,6-7H,2,5,8-14H2,1H3,(H2,23,24,25). The highest BCUT2D eigenvalue weighted by atomic mass is 19.4. The van der Waals surface area contributed by atoms with E-state index in [0.717, 1.165) is 13.0 Å². The van der Waals surface area contributed by atoms with E-state index in [9.17, 15) is 18.0 Å². The Morgan fingerprint density at radius 2 is 1.96 bits per heavy atom. The second kappa shape index (κ2) is 10.2. The van der Waals surface area contributed by atoms with E-state index in [2.05, 4.69) is 21.7 Å². The van der Waals surface area contributed by atoms with Gasteiger partial charge in [-0.25, -0.2) is 0 Å². The maximum absolute atomic E-state index is 12.4. The van der Waals surface area contributed by atoms with E-state index in [1.807, 2.05) is 30.0 Å². The summed E-state index contributed by atoms with van der Waals surface area (Å²) in [6.45, 7) is 3.93. The Bertz CT molecular complexity index is 646. The van der Waals surface area contributed by atoms with Gasteiger partial charge in [0.15, 0.2) is 5.96 Å². The van der Waals surface area contributed by atoms with Gasteiger partial charge in [0.2, 0.25) is 5.91 Å². The van der Waals surface area contributed by atoms with Crippen LogP contribution in [-0.4, -0.2) is 49.1 Å². The normalized spacial score (nSPS) is 14.7. The number of nitrogens with zero attached hydrogens (tertiary/aromatic N) is 2. The Morgan fingerprint density at radius 3 is 2.67 bits per heavy atom.